The molecule has 0 amide bonds. The molecular formula is C15H25O2P. The highest BCUT2D eigenvalue weighted by Crippen LogP contribution is 2.39. The van der Waals surface area contributed by atoms with Crippen LogP contribution in [-0.4, -0.2) is 20.4 Å². The molecule has 0 aromatic rings. The van der Waals surface area contributed by atoms with Crippen LogP contribution in [0.4, 0.5) is 0 Å². The molecule has 0 heterocycles. The maximum atomic E-state index is 5.31. The lowest BCUT2D eigenvalue weighted by Crippen LogP contribution is -1.95. The Morgan fingerprint density at radius 2 is 1.83 bits per heavy atom. The fraction of sp³-hybridized carbons (Fsp3) is 0.467. The molecule has 0 aromatic heterocycles. The van der Waals surface area contributed by atoms with E-state index in [1.165, 1.54) is 11.1 Å². The summed E-state index contributed by atoms with van der Waals surface area (Å²) in [7, 11) is 2.62. The molecule has 0 atom stereocenters. The molecule has 3 heteroatoms. The predicted octanol–water partition coefficient (Wildman–Crippen LogP) is 5.01. The summed E-state index contributed by atoms with van der Waals surface area (Å²) in [6.45, 7) is 9.68. The summed E-state index contributed by atoms with van der Waals surface area (Å²) in [5.41, 5.74) is 2.61. The number of rotatable bonds is 10. The maximum absolute atomic E-state index is 5.31. The Labute approximate surface area is 113 Å². The molecule has 2 nitrogen and oxygen atoms in total. The van der Waals surface area contributed by atoms with Crippen molar-refractivity contribution < 1.29 is 9.05 Å². The van der Waals surface area contributed by atoms with Crippen molar-refractivity contribution in [2.75, 3.05) is 20.4 Å². The zero-order valence-electron chi connectivity index (χ0n) is 11.8. The van der Waals surface area contributed by atoms with E-state index < -0.39 is 8.38 Å². The van der Waals surface area contributed by atoms with Crippen LogP contribution in [0.5, 0.6) is 0 Å². The molecule has 0 aliphatic rings. The Balaban J connectivity index is 4.45. The molecule has 0 saturated heterocycles. The zero-order chi connectivity index (χ0) is 13.8. The van der Waals surface area contributed by atoms with Crippen LogP contribution in [0.15, 0.2) is 48.6 Å². The molecule has 0 spiro atoms. The van der Waals surface area contributed by atoms with E-state index in [0.29, 0.717) is 0 Å². The largest absolute Gasteiger partial charge is 0.337 e. The first kappa shape index (κ1) is 17.3. The number of allylic oxidation sites excluding steroid dienone is 6. The van der Waals surface area contributed by atoms with Crippen molar-refractivity contribution in [1.82, 2.24) is 0 Å². The summed E-state index contributed by atoms with van der Waals surface area (Å²) in [5.74, 6) is 0. The minimum absolute atomic E-state index is 0.784. The summed E-state index contributed by atoms with van der Waals surface area (Å²) in [4.78, 5) is 0. The Kier molecular flexibility index (Phi) is 11.0. The van der Waals surface area contributed by atoms with Crippen molar-refractivity contribution >= 4 is 8.38 Å². The van der Waals surface area contributed by atoms with Crippen molar-refractivity contribution in [3.05, 3.63) is 48.6 Å². The first-order valence-electron chi connectivity index (χ1n) is 6.19. The van der Waals surface area contributed by atoms with Gasteiger partial charge in [0.25, 0.3) is 0 Å². The standard InChI is InChI=1S/C15H25O2P/c1-6-9-14(8-3)11-12-15(10-7-2)13-18(16-4)17-5/h6,8-10H,1,3,7,11-13H2,2,4-5H3/b14-9+,15-10-. The molecular weight excluding hydrogens is 243 g/mol. The summed E-state index contributed by atoms with van der Waals surface area (Å²) in [5, 5.41) is 0. The van der Waals surface area contributed by atoms with Gasteiger partial charge in [-0.3, -0.25) is 0 Å². The Bertz CT molecular complexity index is 302. The molecule has 0 rings (SSSR count). The lowest BCUT2D eigenvalue weighted by atomic mass is 10.0. The van der Waals surface area contributed by atoms with E-state index >= 15 is 0 Å². The third kappa shape index (κ3) is 7.60. The molecule has 0 aliphatic heterocycles. The van der Waals surface area contributed by atoms with Crippen LogP contribution < -0.4 is 0 Å². The average Bonchev–Trinajstić information content (AvgIpc) is 2.40. The van der Waals surface area contributed by atoms with Crippen LogP contribution in [0.3, 0.4) is 0 Å². The molecule has 0 radical (unpaired) electrons. The highest BCUT2D eigenvalue weighted by molar-refractivity contribution is 7.47. The summed E-state index contributed by atoms with van der Waals surface area (Å²) >= 11 is 0. The van der Waals surface area contributed by atoms with Crippen molar-refractivity contribution in [2.45, 2.75) is 26.2 Å². The first-order chi connectivity index (χ1) is 8.71. The fourth-order valence-electron chi connectivity index (χ4n) is 1.61. The Hall–Kier alpha value is -0.690. The first-order valence-corrected chi connectivity index (χ1v) is 7.55. The predicted molar refractivity (Wildman–Crippen MR) is 81.9 cm³/mol. The smallest absolute Gasteiger partial charge is 0.174 e. The summed E-state index contributed by atoms with van der Waals surface area (Å²) in [6.07, 6.45) is 11.9. The van der Waals surface area contributed by atoms with E-state index in [9.17, 15) is 0 Å². The van der Waals surface area contributed by atoms with Crippen LogP contribution >= 0.6 is 8.38 Å². The van der Waals surface area contributed by atoms with E-state index in [2.05, 4.69) is 26.2 Å². The van der Waals surface area contributed by atoms with Crippen LogP contribution in [0.25, 0.3) is 0 Å². The van der Waals surface area contributed by atoms with Crippen LogP contribution in [0.2, 0.25) is 0 Å². The second-order valence-electron chi connectivity index (χ2n) is 3.81. The minimum Gasteiger partial charge on any atom is -0.337 e. The SMILES string of the molecule is C=C/C=C(\C=C)CC/C(=C/CC)CP(OC)OC. The van der Waals surface area contributed by atoms with Gasteiger partial charge in [0, 0.05) is 20.4 Å². The van der Waals surface area contributed by atoms with Gasteiger partial charge in [-0.25, -0.2) is 0 Å². The zero-order valence-corrected chi connectivity index (χ0v) is 12.7. The average molecular weight is 268 g/mol. The van der Waals surface area contributed by atoms with Gasteiger partial charge in [0.2, 0.25) is 0 Å². The molecule has 18 heavy (non-hydrogen) atoms. The lowest BCUT2D eigenvalue weighted by Gasteiger charge is -2.15. The van der Waals surface area contributed by atoms with Gasteiger partial charge in [0.05, 0.1) is 0 Å². The normalized spacial score (nSPS) is 12.9. The second kappa shape index (κ2) is 11.4. The monoisotopic (exact) mass is 268 g/mol. The molecule has 0 N–H and O–H groups in total. The van der Waals surface area contributed by atoms with Crippen LogP contribution in [0.1, 0.15) is 26.2 Å². The maximum Gasteiger partial charge on any atom is 0.174 e. The highest BCUT2D eigenvalue weighted by Gasteiger charge is 2.09. The summed E-state index contributed by atoms with van der Waals surface area (Å²) < 4.78 is 10.6. The van der Waals surface area contributed by atoms with Crippen molar-refractivity contribution in [3.63, 3.8) is 0 Å². The van der Waals surface area contributed by atoms with Gasteiger partial charge in [0.1, 0.15) is 0 Å². The fourth-order valence-corrected chi connectivity index (χ4v) is 2.64. The van der Waals surface area contributed by atoms with E-state index in [4.69, 9.17) is 9.05 Å². The Morgan fingerprint density at radius 3 is 2.28 bits per heavy atom. The minimum atomic E-state index is -0.784. The summed E-state index contributed by atoms with van der Waals surface area (Å²) in [6, 6.07) is 0. The molecule has 0 aromatic carbocycles. The van der Waals surface area contributed by atoms with Gasteiger partial charge in [-0.05, 0) is 24.8 Å². The third-order valence-corrected chi connectivity index (χ3v) is 4.04. The topological polar surface area (TPSA) is 18.5 Å². The van der Waals surface area contributed by atoms with Gasteiger partial charge in [-0.2, -0.15) is 0 Å². The van der Waals surface area contributed by atoms with Gasteiger partial charge in [-0.15, -0.1) is 0 Å². The molecule has 0 saturated carbocycles. The van der Waals surface area contributed by atoms with E-state index in [1.54, 1.807) is 20.3 Å². The van der Waals surface area contributed by atoms with Gasteiger partial charge >= 0.3 is 0 Å². The number of hydrogen-bond donors (Lipinski definition) is 0. The number of hydrogen-bond acceptors (Lipinski definition) is 2. The van der Waals surface area contributed by atoms with E-state index in [0.717, 1.165) is 25.4 Å². The van der Waals surface area contributed by atoms with Crippen molar-refractivity contribution in [2.24, 2.45) is 0 Å². The highest BCUT2D eigenvalue weighted by atomic mass is 31.2. The van der Waals surface area contributed by atoms with E-state index in [-0.39, 0.29) is 0 Å². The van der Waals surface area contributed by atoms with E-state index in [1.807, 2.05) is 12.2 Å². The molecule has 0 unspecified atom stereocenters. The second-order valence-corrected chi connectivity index (χ2v) is 5.52. The quantitative estimate of drug-likeness (QED) is 0.315. The van der Waals surface area contributed by atoms with Gasteiger partial charge in [-0.1, -0.05) is 50.0 Å². The molecule has 0 aliphatic carbocycles. The Morgan fingerprint density at radius 1 is 1.17 bits per heavy atom. The van der Waals surface area contributed by atoms with Crippen LogP contribution in [-0.2, 0) is 9.05 Å². The van der Waals surface area contributed by atoms with Crippen molar-refractivity contribution in [3.8, 4) is 0 Å². The van der Waals surface area contributed by atoms with Crippen LogP contribution in [0, 0.1) is 0 Å². The van der Waals surface area contributed by atoms with Gasteiger partial charge < -0.3 is 9.05 Å². The molecule has 0 fully saturated rings. The van der Waals surface area contributed by atoms with Gasteiger partial charge in [0.15, 0.2) is 8.38 Å². The third-order valence-electron chi connectivity index (χ3n) is 2.56. The molecule has 0 bridgehead atoms. The van der Waals surface area contributed by atoms with Crippen molar-refractivity contribution in [1.29, 1.82) is 0 Å². The molecule has 102 valence electrons. The lowest BCUT2D eigenvalue weighted by molar-refractivity contribution is 0.342.